The van der Waals surface area contributed by atoms with Gasteiger partial charge in [0, 0.05) is 22.0 Å². The SMILES string of the molecule is Brc1ccc2c(c1)OC2.CC(C)C(=O)Nc1ccccc1[N+](=O)[O-]. The Morgan fingerprint density at radius 1 is 1.29 bits per heavy atom. The first-order chi connectivity index (χ1) is 11.4. The van der Waals surface area contributed by atoms with Gasteiger partial charge in [0.05, 0.1) is 4.92 Å². The van der Waals surface area contributed by atoms with Gasteiger partial charge in [-0.05, 0) is 18.2 Å². The molecule has 0 saturated heterocycles. The van der Waals surface area contributed by atoms with E-state index in [-0.39, 0.29) is 23.2 Å². The topological polar surface area (TPSA) is 81.5 Å². The smallest absolute Gasteiger partial charge is 0.292 e. The van der Waals surface area contributed by atoms with E-state index < -0.39 is 4.92 Å². The molecule has 0 bridgehead atoms. The molecule has 0 fully saturated rings. The molecule has 1 amide bonds. The fourth-order valence-electron chi connectivity index (χ4n) is 1.87. The molecule has 0 aromatic heterocycles. The number of hydrogen-bond donors (Lipinski definition) is 1. The second kappa shape index (κ2) is 7.92. The summed E-state index contributed by atoms with van der Waals surface area (Å²) in [6, 6.07) is 12.2. The first-order valence-electron chi connectivity index (χ1n) is 7.34. The van der Waals surface area contributed by atoms with Crippen LogP contribution in [0, 0.1) is 16.0 Å². The number of para-hydroxylation sites is 2. The van der Waals surface area contributed by atoms with E-state index in [1.165, 1.54) is 17.7 Å². The van der Waals surface area contributed by atoms with Crippen molar-refractivity contribution < 1.29 is 14.5 Å². The maximum Gasteiger partial charge on any atom is 0.292 e. The minimum atomic E-state index is -0.518. The van der Waals surface area contributed by atoms with E-state index in [1.807, 2.05) is 12.1 Å². The van der Waals surface area contributed by atoms with Gasteiger partial charge in [0.1, 0.15) is 18.0 Å². The first-order valence-corrected chi connectivity index (χ1v) is 8.13. The molecule has 1 heterocycles. The van der Waals surface area contributed by atoms with Gasteiger partial charge in [-0.1, -0.05) is 48.0 Å². The third-order valence-corrected chi connectivity index (χ3v) is 3.79. The van der Waals surface area contributed by atoms with Gasteiger partial charge >= 0.3 is 0 Å². The van der Waals surface area contributed by atoms with Crippen LogP contribution in [0.5, 0.6) is 5.75 Å². The molecular weight excluding hydrogens is 376 g/mol. The van der Waals surface area contributed by atoms with Gasteiger partial charge in [0.2, 0.25) is 5.91 Å². The number of nitrogens with zero attached hydrogens (tertiary/aromatic N) is 1. The Bertz CT molecular complexity index is 762. The molecule has 0 radical (unpaired) electrons. The van der Waals surface area contributed by atoms with Crippen molar-refractivity contribution in [3.05, 3.63) is 62.6 Å². The molecule has 0 saturated carbocycles. The average Bonchev–Trinajstić information content (AvgIpc) is 2.51. The summed E-state index contributed by atoms with van der Waals surface area (Å²) in [7, 11) is 0. The number of nitrogens with one attached hydrogen (secondary N) is 1. The van der Waals surface area contributed by atoms with E-state index in [2.05, 4.69) is 27.3 Å². The number of amides is 1. The van der Waals surface area contributed by atoms with Crippen LogP contribution in [0.15, 0.2) is 46.9 Å². The van der Waals surface area contributed by atoms with Gasteiger partial charge in [-0.15, -0.1) is 0 Å². The molecule has 2 aromatic carbocycles. The number of fused-ring (bicyclic) bond motifs is 1. The Morgan fingerprint density at radius 2 is 2.00 bits per heavy atom. The number of carbonyl (C=O) groups is 1. The summed E-state index contributed by atoms with van der Waals surface area (Å²) < 4.78 is 6.21. The van der Waals surface area contributed by atoms with Crippen molar-refractivity contribution >= 4 is 33.2 Å². The molecule has 6 nitrogen and oxygen atoms in total. The number of halogens is 1. The highest BCUT2D eigenvalue weighted by Crippen LogP contribution is 2.31. The van der Waals surface area contributed by atoms with Crippen molar-refractivity contribution in [1.82, 2.24) is 0 Å². The van der Waals surface area contributed by atoms with Gasteiger partial charge in [-0.2, -0.15) is 0 Å². The van der Waals surface area contributed by atoms with E-state index >= 15 is 0 Å². The monoisotopic (exact) mass is 392 g/mol. The third-order valence-electron chi connectivity index (χ3n) is 3.30. The molecule has 0 aliphatic carbocycles. The van der Waals surface area contributed by atoms with Crippen LogP contribution >= 0.6 is 15.9 Å². The minimum Gasteiger partial charge on any atom is -0.488 e. The van der Waals surface area contributed by atoms with E-state index in [1.54, 1.807) is 26.0 Å². The van der Waals surface area contributed by atoms with Gasteiger partial charge in [-0.3, -0.25) is 14.9 Å². The molecular formula is C17H17BrN2O4. The van der Waals surface area contributed by atoms with Crippen molar-refractivity contribution in [2.45, 2.75) is 20.5 Å². The molecule has 0 unspecified atom stereocenters. The van der Waals surface area contributed by atoms with Crippen LogP contribution in [0.3, 0.4) is 0 Å². The van der Waals surface area contributed by atoms with Gasteiger partial charge in [0.15, 0.2) is 0 Å². The zero-order valence-electron chi connectivity index (χ0n) is 13.3. The number of benzene rings is 2. The zero-order valence-corrected chi connectivity index (χ0v) is 14.9. The number of carbonyl (C=O) groups excluding carboxylic acids is 1. The van der Waals surface area contributed by atoms with E-state index in [0.29, 0.717) is 0 Å². The van der Waals surface area contributed by atoms with Crippen LogP contribution in [-0.4, -0.2) is 10.8 Å². The van der Waals surface area contributed by atoms with Crippen LogP contribution in [0.2, 0.25) is 0 Å². The predicted octanol–water partition coefficient (Wildman–Crippen LogP) is 4.53. The Kier molecular flexibility index (Phi) is 5.92. The molecule has 126 valence electrons. The van der Waals surface area contributed by atoms with Crippen molar-refractivity contribution in [2.24, 2.45) is 5.92 Å². The summed E-state index contributed by atoms with van der Waals surface area (Å²) in [4.78, 5) is 21.5. The highest BCUT2D eigenvalue weighted by Gasteiger charge is 2.16. The average molecular weight is 393 g/mol. The summed E-state index contributed by atoms with van der Waals surface area (Å²) in [5, 5.41) is 13.1. The number of anilines is 1. The van der Waals surface area contributed by atoms with E-state index in [0.717, 1.165) is 16.8 Å². The van der Waals surface area contributed by atoms with Crippen molar-refractivity contribution in [3.8, 4) is 5.75 Å². The first kappa shape index (κ1) is 17.9. The second-order valence-electron chi connectivity index (χ2n) is 5.46. The largest absolute Gasteiger partial charge is 0.488 e. The fraction of sp³-hybridized carbons (Fsp3) is 0.235. The molecule has 3 rings (SSSR count). The lowest BCUT2D eigenvalue weighted by molar-refractivity contribution is -0.383. The number of nitro benzene ring substituents is 1. The molecule has 1 aliphatic rings. The van der Waals surface area contributed by atoms with Gasteiger partial charge in [0.25, 0.3) is 5.69 Å². The Morgan fingerprint density at radius 3 is 2.50 bits per heavy atom. The lowest BCUT2D eigenvalue weighted by Gasteiger charge is -2.19. The molecule has 1 aliphatic heterocycles. The number of rotatable bonds is 3. The van der Waals surface area contributed by atoms with E-state index in [9.17, 15) is 14.9 Å². The van der Waals surface area contributed by atoms with Crippen molar-refractivity contribution in [1.29, 1.82) is 0 Å². The van der Waals surface area contributed by atoms with Crippen molar-refractivity contribution in [3.63, 3.8) is 0 Å². The predicted molar refractivity (Wildman–Crippen MR) is 95.0 cm³/mol. The van der Waals surface area contributed by atoms with Crippen LogP contribution in [-0.2, 0) is 11.4 Å². The van der Waals surface area contributed by atoms with Crippen molar-refractivity contribution in [2.75, 3.05) is 5.32 Å². The van der Waals surface area contributed by atoms with E-state index in [4.69, 9.17) is 4.74 Å². The summed E-state index contributed by atoms with van der Waals surface area (Å²) in [5.41, 5.74) is 1.45. The normalized spacial score (nSPS) is 11.3. The minimum absolute atomic E-state index is 0.0912. The van der Waals surface area contributed by atoms with Gasteiger partial charge in [-0.25, -0.2) is 0 Å². The fourth-order valence-corrected chi connectivity index (χ4v) is 2.21. The molecule has 2 aromatic rings. The lowest BCUT2D eigenvalue weighted by atomic mass is 10.1. The highest BCUT2D eigenvalue weighted by molar-refractivity contribution is 9.10. The highest BCUT2D eigenvalue weighted by atomic mass is 79.9. The van der Waals surface area contributed by atoms with Crippen LogP contribution in [0.25, 0.3) is 0 Å². The molecule has 7 heteroatoms. The molecule has 1 N–H and O–H groups in total. The molecule has 0 spiro atoms. The van der Waals surface area contributed by atoms with Crippen LogP contribution in [0.4, 0.5) is 11.4 Å². The summed E-state index contributed by atoms with van der Waals surface area (Å²) in [6.07, 6.45) is 0. The zero-order chi connectivity index (χ0) is 17.7. The molecule has 24 heavy (non-hydrogen) atoms. The quantitative estimate of drug-likeness (QED) is 0.614. The van der Waals surface area contributed by atoms with Crippen LogP contribution < -0.4 is 10.1 Å². The summed E-state index contributed by atoms with van der Waals surface area (Å²) in [6.45, 7) is 4.23. The number of hydrogen-bond acceptors (Lipinski definition) is 4. The number of nitro groups is 1. The summed E-state index contributed by atoms with van der Waals surface area (Å²) in [5.74, 6) is 0.582. The Hall–Kier alpha value is -2.41. The van der Waals surface area contributed by atoms with Gasteiger partial charge < -0.3 is 10.1 Å². The maximum atomic E-state index is 11.4. The Labute approximate surface area is 148 Å². The standard InChI is InChI=1S/C10H12N2O3.C7H5BrO/c1-7(2)10(13)11-8-5-3-4-6-9(8)12(14)15;8-6-2-1-5-4-9-7(5)3-6/h3-7H,1-2H3,(H,11,13);1-3H,4H2. The third kappa shape index (κ3) is 4.55. The second-order valence-corrected chi connectivity index (χ2v) is 6.37. The molecule has 0 atom stereocenters. The maximum absolute atomic E-state index is 11.4. The van der Waals surface area contributed by atoms with Crippen LogP contribution in [0.1, 0.15) is 19.4 Å². The summed E-state index contributed by atoms with van der Waals surface area (Å²) >= 11 is 3.35. The lowest BCUT2D eigenvalue weighted by Crippen LogP contribution is -2.18. The Balaban J connectivity index is 0.000000194. The number of ether oxygens (including phenoxy) is 1.